The normalized spacial score (nSPS) is 13.2. The highest BCUT2D eigenvalue weighted by molar-refractivity contribution is 5.97. The second kappa shape index (κ2) is 5.94. The summed E-state index contributed by atoms with van der Waals surface area (Å²) in [6, 6.07) is 8.55. The highest BCUT2D eigenvalue weighted by Crippen LogP contribution is 2.31. The number of carbonyl (C=O) groups excluding carboxylic acids is 1. The van der Waals surface area contributed by atoms with Crippen molar-refractivity contribution >= 4 is 5.91 Å². The molecule has 0 atom stereocenters. The van der Waals surface area contributed by atoms with Crippen LogP contribution in [0.1, 0.15) is 16.1 Å². The van der Waals surface area contributed by atoms with Crippen LogP contribution >= 0.6 is 0 Å². The Morgan fingerprint density at radius 3 is 2.92 bits per heavy atom. The minimum absolute atomic E-state index is 0.0606. The number of hydrogen-bond acceptors (Lipinski definition) is 5. The topological polar surface area (TPSA) is 100 Å². The zero-order valence-electron chi connectivity index (χ0n) is 13.5. The standard InChI is InChI=1S/C18H16N4O3/c1-25-16-8-10(2-3-15(16)23)17-19-6-5-13(22-17)14-9-11-12(21-14)4-7-20-18(11)24/h2-3,5-6,8-9,21,23H,4,7H2,1H3,(H,20,24). The van der Waals surface area contributed by atoms with Gasteiger partial charge in [0, 0.05) is 30.4 Å². The highest BCUT2D eigenvalue weighted by Gasteiger charge is 2.20. The monoisotopic (exact) mass is 336 g/mol. The molecule has 0 fully saturated rings. The second-order valence-corrected chi connectivity index (χ2v) is 5.73. The van der Waals surface area contributed by atoms with Crippen molar-refractivity contribution < 1.29 is 14.6 Å². The van der Waals surface area contributed by atoms with Crippen LogP contribution in [0.15, 0.2) is 36.5 Å². The summed E-state index contributed by atoms with van der Waals surface area (Å²) in [4.78, 5) is 24.1. The Labute approximate surface area is 143 Å². The third-order valence-electron chi connectivity index (χ3n) is 4.17. The summed E-state index contributed by atoms with van der Waals surface area (Å²) in [5.74, 6) is 0.859. The van der Waals surface area contributed by atoms with Crippen LogP contribution in [0.2, 0.25) is 0 Å². The number of nitrogens with zero attached hydrogens (tertiary/aromatic N) is 2. The van der Waals surface area contributed by atoms with Gasteiger partial charge in [-0.3, -0.25) is 4.79 Å². The summed E-state index contributed by atoms with van der Waals surface area (Å²) in [6.07, 6.45) is 2.44. The molecule has 126 valence electrons. The van der Waals surface area contributed by atoms with Crippen LogP contribution in [0.4, 0.5) is 0 Å². The summed E-state index contributed by atoms with van der Waals surface area (Å²) in [7, 11) is 1.49. The number of methoxy groups -OCH3 is 1. The first kappa shape index (κ1) is 15.2. The lowest BCUT2D eigenvalue weighted by Gasteiger charge is -2.10. The molecular formula is C18H16N4O3. The number of aromatic nitrogens is 3. The number of aromatic hydroxyl groups is 1. The molecule has 1 amide bonds. The summed E-state index contributed by atoms with van der Waals surface area (Å²) >= 11 is 0. The van der Waals surface area contributed by atoms with Crippen LogP contribution in [-0.4, -0.2) is 39.6 Å². The van der Waals surface area contributed by atoms with E-state index in [4.69, 9.17) is 4.74 Å². The van der Waals surface area contributed by atoms with Crippen molar-refractivity contribution in [3.63, 3.8) is 0 Å². The Bertz CT molecular complexity index is 965. The van der Waals surface area contributed by atoms with Gasteiger partial charge in [0.25, 0.3) is 5.91 Å². The molecular weight excluding hydrogens is 320 g/mol. The van der Waals surface area contributed by atoms with Crippen molar-refractivity contribution in [1.29, 1.82) is 0 Å². The van der Waals surface area contributed by atoms with E-state index in [0.29, 0.717) is 29.4 Å². The molecule has 3 N–H and O–H groups in total. The quantitative estimate of drug-likeness (QED) is 0.680. The fourth-order valence-corrected chi connectivity index (χ4v) is 2.90. The molecule has 3 aromatic rings. The predicted octanol–water partition coefficient (Wildman–Crippen LogP) is 2.14. The van der Waals surface area contributed by atoms with Crippen LogP contribution in [-0.2, 0) is 6.42 Å². The van der Waals surface area contributed by atoms with Crippen LogP contribution in [0.25, 0.3) is 22.8 Å². The predicted molar refractivity (Wildman–Crippen MR) is 91.5 cm³/mol. The van der Waals surface area contributed by atoms with Gasteiger partial charge in [0.1, 0.15) is 0 Å². The molecule has 0 radical (unpaired) electrons. The van der Waals surface area contributed by atoms with Crippen molar-refractivity contribution in [2.45, 2.75) is 6.42 Å². The Hall–Kier alpha value is -3.35. The third-order valence-corrected chi connectivity index (χ3v) is 4.17. The minimum atomic E-state index is -0.0682. The third kappa shape index (κ3) is 2.69. The summed E-state index contributed by atoms with van der Waals surface area (Å²) in [6.45, 7) is 0.633. The van der Waals surface area contributed by atoms with Gasteiger partial charge in [0.05, 0.1) is 24.1 Å². The Balaban J connectivity index is 1.74. The number of amides is 1. The van der Waals surface area contributed by atoms with E-state index in [1.165, 1.54) is 7.11 Å². The molecule has 0 unspecified atom stereocenters. The second-order valence-electron chi connectivity index (χ2n) is 5.73. The molecule has 4 rings (SSSR count). The molecule has 1 aliphatic heterocycles. The van der Waals surface area contributed by atoms with E-state index < -0.39 is 0 Å². The van der Waals surface area contributed by atoms with E-state index in [0.717, 1.165) is 23.4 Å². The number of carbonyl (C=O) groups is 1. The SMILES string of the molecule is COc1cc(-c2nccc(-c3cc4c([nH]3)CCNC4=O)n2)ccc1O. The van der Waals surface area contributed by atoms with Crippen LogP contribution in [0.3, 0.4) is 0 Å². The maximum atomic E-state index is 11.9. The van der Waals surface area contributed by atoms with Crippen molar-refractivity contribution in [3.8, 4) is 34.3 Å². The average Bonchev–Trinajstić information content (AvgIpc) is 3.08. The van der Waals surface area contributed by atoms with Crippen molar-refractivity contribution in [1.82, 2.24) is 20.3 Å². The van der Waals surface area contributed by atoms with E-state index in [1.807, 2.05) is 6.07 Å². The van der Waals surface area contributed by atoms with E-state index >= 15 is 0 Å². The number of nitrogens with one attached hydrogen (secondary N) is 2. The number of H-pyrrole nitrogens is 1. The van der Waals surface area contributed by atoms with E-state index in [2.05, 4.69) is 20.3 Å². The van der Waals surface area contributed by atoms with Gasteiger partial charge in [0.15, 0.2) is 17.3 Å². The number of hydrogen-bond donors (Lipinski definition) is 3. The Morgan fingerprint density at radius 2 is 2.12 bits per heavy atom. The molecule has 1 aliphatic rings. The van der Waals surface area contributed by atoms with Gasteiger partial charge in [0.2, 0.25) is 0 Å². The lowest BCUT2D eigenvalue weighted by atomic mass is 10.1. The zero-order chi connectivity index (χ0) is 17.4. The number of phenolic OH excluding ortho intramolecular Hbond substituents is 1. The fraction of sp³-hybridized carbons (Fsp3) is 0.167. The van der Waals surface area contributed by atoms with Crippen LogP contribution < -0.4 is 10.1 Å². The van der Waals surface area contributed by atoms with Gasteiger partial charge in [-0.2, -0.15) is 0 Å². The molecule has 0 spiro atoms. The van der Waals surface area contributed by atoms with Gasteiger partial charge < -0.3 is 20.1 Å². The zero-order valence-corrected chi connectivity index (χ0v) is 13.5. The van der Waals surface area contributed by atoms with Crippen molar-refractivity contribution in [2.24, 2.45) is 0 Å². The molecule has 0 bridgehead atoms. The number of aromatic amines is 1. The molecule has 0 saturated carbocycles. The molecule has 0 saturated heterocycles. The molecule has 7 nitrogen and oxygen atoms in total. The van der Waals surface area contributed by atoms with E-state index in [-0.39, 0.29) is 11.7 Å². The van der Waals surface area contributed by atoms with Crippen molar-refractivity contribution in [2.75, 3.05) is 13.7 Å². The molecule has 3 heterocycles. The van der Waals surface area contributed by atoms with Crippen LogP contribution in [0.5, 0.6) is 11.5 Å². The van der Waals surface area contributed by atoms with Crippen molar-refractivity contribution in [3.05, 3.63) is 47.8 Å². The molecule has 2 aromatic heterocycles. The van der Waals surface area contributed by atoms with Crippen LogP contribution in [0, 0.1) is 0 Å². The lowest BCUT2D eigenvalue weighted by Crippen LogP contribution is -2.31. The van der Waals surface area contributed by atoms with E-state index in [9.17, 15) is 9.90 Å². The Kier molecular flexibility index (Phi) is 3.61. The first-order valence-electron chi connectivity index (χ1n) is 7.86. The van der Waals surface area contributed by atoms with Gasteiger partial charge in [-0.1, -0.05) is 0 Å². The highest BCUT2D eigenvalue weighted by atomic mass is 16.5. The summed E-state index contributed by atoms with van der Waals surface area (Å²) in [5, 5.41) is 12.6. The first-order valence-corrected chi connectivity index (χ1v) is 7.86. The summed E-state index contributed by atoms with van der Waals surface area (Å²) < 4.78 is 5.13. The maximum Gasteiger partial charge on any atom is 0.253 e. The number of rotatable bonds is 3. The number of benzene rings is 1. The number of ether oxygens (including phenoxy) is 1. The average molecular weight is 336 g/mol. The van der Waals surface area contributed by atoms with Gasteiger partial charge in [-0.15, -0.1) is 0 Å². The smallest absolute Gasteiger partial charge is 0.253 e. The molecule has 1 aromatic carbocycles. The van der Waals surface area contributed by atoms with Gasteiger partial charge >= 0.3 is 0 Å². The minimum Gasteiger partial charge on any atom is -0.504 e. The van der Waals surface area contributed by atoms with E-state index in [1.54, 1.807) is 30.5 Å². The summed E-state index contributed by atoms with van der Waals surface area (Å²) in [5.41, 5.74) is 3.78. The fourth-order valence-electron chi connectivity index (χ4n) is 2.90. The number of phenols is 1. The molecule has 0 aliphatic carbocycles. The molecule has 7 heteroatoms. The maximum absolute atomic E-state index is 11.9. The molecule has 25 heavy (non-hydrogen) atoms. The number of fused-ring (bicyclic) bond motifs is 1. The lowest BCUT2D eigenvalue weighted by molar-refractivity contribution is 0.0946. The Morgan fingerprint density at radius 1 is 1.24 bits per heavy atom. The van der Waals surface area contributed by atoms with Gasteiger partial charge in [-0.25, -0.2) is 9.97 Å². The largest absolute Gasteiger partial charge is 0.504 e. The van der Waals surface area contributed by atoms with Gasteiger partial charge in [-0.05, 0) is 30.3 Å². The first-order chi connectivity index (χ1) is 12.2.